The molecule has 3 aromatic heterocycles. The molecule has 0 aliphatic carbocycles. The van der Waals surface area contributed by atoms with Crippen LogP contribution in [0.5, 0.6) is 0 Å². The minimum absolute atomic E-state index is 0.832. The number of nitrogens with zero attached hydrogens (tertiary/aromatic N) is 1. The first-order valence-electron chi connectivity index (χ1n) is 10.4. The average molecular weight is 501 g/mol. The van der Waals surface area contributed by atoms with Gasteiger partial charge in [0.05, 0.1) is 28.3 Å². The van der Waals surface area contributed by atoms with E-state index >= 15 is 0 Å². The van der Waals surface area contributed by atoms with Crippen LogP contribution in [-0.2, 0) is 0 Å². The van der Waals surface area contributed by atoms with Gasteiger partial charge in [0.25, 0.3) is 0 Å². The third-order valence-corrected chi connectivity index (χ3v) is 5.57. The Balaban J connectivity index is 0.000000304. The Morgan fingerprint density at radius 3 is 1.26 bits per heavy atom. The summed E-state index contributed by atoms with van der Waals surface area (Å²) in [7, 11) is -10.7. The van der Waals surface area contributed by atoms with E-state index in [1.54, 1.807) is 0 Å². The number of rotatable bonds is 2. The van der Waals surface area contributed by atoms with Gasteiger partial charge in [-0.3, -0.25) is 0 Å². The molecule has 0 N–H and O–H groups in total. The van der Waals surface area contributed by atoms with E-state index < -0.39 is 7.81 Å². The van der Waals surface area contributed by atoms with Crippen LogP contribution in [0.25, 0.3) is 55.0 Å². The Morgan fingerprint density at radius 2 is 0.912 bits per heavy atom. The van der Waals surface area contributed by atoms with Crippen molar-refractivity contribution < 1.29 is 38.4 Å². The summed E-state index contributed by atoms with van der Waals surface area (Å²) in [6.07, 6.45) is 0. The molecule has 11 heteroatoms. The summed E-state index contributed by atoms with van der Waals surface area (Å²) in [5.41, 5.74) is 5.02. The van der Waals surface area contributed by atoms with Crippen LogP contribution in [0.1, 0.15) is 13.8 Å². The molecule has 0 bridgehead atoms. The van der Waals surface area contributed by atoms with Crippen molar-refractivity contribution in [3.05, 3.63) is 53.9 Å². The van der Waals surface area contributed by atoms with Crippen LogP contribution in [0.4, 0.5) is 25.2 Å². The Morgan fingerprint density at radius 1 is 0.588 bits per heavy atom. The molecule has 0 saturated carbocycles. The second kappa shape index (κ2) is 6.66. The van der Waals surface area contributed by atoms with Crippen molar-refractivity contribution in [2.75, 3.05) is 13.1 Å². The molecule has 0 spiro atoms. The molecule has 3 aromatic carbocycles. The van der Waals surface area contributed by atoms with E-state index in [0.29, 0.717) is 0 Å². The first-order valence-corrected chi connectivity index (χ1v) is 12.4. The third-order valence-electron chi connectivity index (χ3n) is 5.57. The molecule has 0 atom stereocenters. The summed E-state index contributed by atoms with van der Waals surface area (Å²) in [6.45, 7) is 6.18. The van der Waals surface area contributed by atoms with Crippen molar-refractivity contribution >= 4 is 62.9 Å². The van der Waals surface area contributed by atoms with Crippen molar-refractivity contribution in [1.29, 1.82) is 0 Å². The normalized spacial score (nSPS) is 14.6. The summed E-state index contributed by atoms with van der Waals surface area (Å²) in [5, 5.41) is 5.33. The molecule has 0 radical (unpaired) electrons. The Hall–Kier alpha value is -3.26. The maximum atomic E-state index is 9.87. The molecule has 0 aliphatic rings. The molecule has 0 saturated heterocycles. The summed E-state index contributed by atoms with van der Waals surface area (Å²) in [5.74, 6) is 0. The first kappa shape index (κ1) is 22.5. The van der Waals surface area contributed by atoms with E-state index in [0.717, 1.165) is 73.5 Å². The zero-order valence-corrected chi connectivity index (χ0v) is 18.8. The van der Waals surface area contributed by atoms with Crippen molar-refractivity contribution in [3.8, 4) is 0 Å². The topological polar surface area (TPSA) is 42.4 Å². The SMILES string of the molecule is CC[N+](CC)=c1cc2oc3cccc4oc5cccc6oc(c1)c2c(c43)c56.F[P-](F)(F)(F)(F)F. The zero-order chi connectivity index (χ0) is 24.5. The predicted octanol–water partition coefficient (Wildman–Crippen LogP) is 8.86. The maximum absolute atomic E-state index is 10.7. The average Bonchev–Trinajstić information content (AvgIpc) is 2.72. The standard InChI is InChI=1S/C23H18NO3.F6P/c1-3-24(4-2)13-11-18-22-19(12-13)27-17-10-6-8-15-21(17)23(22)20-14(25-15)7-5-9-16(20)26-18;1-7(2,3,4,5)6/h5-12H,3-4H2,1-2H3;/q+1;-1. The van der Waals surface area contributed by atoms with E-state index in [9.17, 15) is 25.2 Å². The fraction of sp³-hybridized carbons (Fsp3) is 0.174. The van der Waals surface area contributed by atoms with Gasteiger partial charge >= 0.3 is 33.0 Å². The summed E-state index contributed by atoms with van der Waals surface area (Å²) >= 11 is 0. The first-order chi connectivity index (χ1) is 15.7. The quantitative estimate of drug-likeness (QED) is 0.0783. The summed E-state index contributed by atoms with van der Waals surface area (Å²) < 4.78 is 80.3. The van der Waals surface area contributed by atoms with Gasteiger partial charge in [0.2, 0.25) is 5.36 Å². The third kappa shape index (κ3) is 4.18. The van der Waals surface area contributed by atoms with Crippen LogP contribution >= 0.6 is 7.81 Å². The van der Waals surface area contributed by atoms with Gasteiger partial charge < -0.3 is 13.3 Å². The van der Waals surface area contributed by atoms with Gasteiger partial charge in [-0.05, 0) is 38.1 Å². The molecule has 3 heterocycles. The van der Waals surface area contributed by atoms with E-state index in [4.69, 9.17) is 13.3 Å². The van der Waals surface area contributed by atoms with Gasteiger partial charge in [-0.15, -0.1) is 0 Å². The van der Waals surface area contributed by atoms with Gasteiger partial charge in [0.15, 0.2) is 0 Å². The van der Waals surface area contributed by atoms with Gasteiger partial charge in [0, 0.05) is 5.39 Å². The fourth-order valence-corrected chi connectivity index (χ4v) is 4.34. The van der Waals surface area contributed by atoms with Gasteiger partial charge in [-0.1, -0.05) is 12.1 Å². The van der Waals surface area contributed by atoms with Crippen molar-refractivity contribution in [2.45, 2.75) is 13.8 Å². The summed E-state index contributed by atoms with van der Waals surface area (Å²) in [4.78, 5) is 0. The molecule has 6 rings (SSSR count). The number of hydrogen-bond donors (Lipinski definition) is 0. The van der Waals surface area contributed by atoms with Crippen LogP contribution in [-0.4, -0.2) is 13.1 Å². The molecule has 6 aromatic rings. The molecule has 4 nitrogen and oxygen atoms in total. The molecule has 180 valence electrons. The summed E-state index contributed by atoms with van der Waals surface area (Å²) in [6, 6.07) is 16.2. The van der Waals surface area contributed by atoms with E-state index in [1.807, 2.05) is 36.4 Å². The second-order valence-corrected chi connectivity index (χ2v) is 9.80. The number of benzene rings is 3. The molecule has 0 amide bonds. The van der Waals surface area contributed by atoms with Crippen LogP contribution in [0.15, 0.2) is 61.8 Å². The van der Waals surface area contributed by atoms with Crippen LogP contribution in [0.3, 0.4) is 0 Å². The predicted molar refractivity (Wildman–Crippen MR) is 122 cm³/mol. The van der Waals surface area contributed by atoms with E-state index in [2.05, 4.69) is 30.6 Å². The van der Waals surface area contributed by atoms with Crippen LogP contribution in [0, 0.1) is 0 Å². The molecule has 34 heavy (non-hydrogen) atoms. The van der Waals surface area contributed by atoms with Gasteiger partial charge in [0.1, 0.15) is 46.6 Å². The molecule has 0 unspecified atom stereocenters. The fourth-order valence-electron chi connectivity index (χ4n) is 4.34. The zero-order valence-electron chi connectivity index (χ0n) is 17.9. The molecular formula is C23H18F6NO3P. The Labute approximate surface area is 187 Å². The molecular weight excluding hydrogens is 483 g/mol. The van der Waals surface area contributed by atoms with E-state index in [-0.39, 0.29) is 0 Å². The van der Waals surface area contributed by atoms with Crippen molar-refractivity contribution in [2.24, 2.45) is 0 Å². The Kier molecular flexibility index (Phi) is 4.41. The van der Waals surface area contributed by atoms with Gasteiger partial charge in [-0.2, -0.15) is 0 Å². The minimum atomic E-state index is -10.7. The second-order valence-electron chi connectivity index (χ2n) is 7.89. The molecule has 0 aliphatic heterocycles. The van der Waals surface area contributed by atoms with Crippen molar-refractivity contribution in [3.63, 3.8) is 0 Å². The van der Waals surface area contributed by atoms with Crippen LogP contribution in [0.2, 0.25) is 0 Å². The van der Waals surface area contributed by atoms with Crippen molar-refractivity contribution in [1.82, 2.24) is 4.58 Å². The number of hydrogen-bond acceptors (Lipinski definition) is 3. The Bertz CT molecular complexity index is 1660. The van der Waals surface area contributed by atoms with Gasteiger partial charge in [-0.25, -0.2) is 4.58 Å². The van der Waals surface area contributed by atoms with Crippen LogP contribution < -0.4 is 9.93 Å². The number of halogens is 6. The monoisotopic (exact) mass is 501 g/mol. The molecule has 0 fully saturated rings. The van der Waals surface area contributed by atoms with E-state index in [1.165, 1.54) is 0 Å².